The Labute approximate surface area is 121 Å². The number of fused-ring (bicyclic) bond motifs is 1. The molecule has 0 amide bonds. The van der Waals surface area contributed by atoms with E-state index in [1.807, 2.05) is 11.8 Å². The van der Waals surface area contributed by atoms with Crippen molar-refractivity contribution < 1.29 is 5.11 Å². The quantitative estimate of drug-likeness (QED) is 0.883. The number of benzene rings is 1. The second-order valence-corrected chi connectivity index (χ2v) is 7.69. The molecule has 0 fully saturated rings. The van der Waals surface area contributed by atoms with E-state index < -0.39 is 0 Å². The monoisotopic (exact) mass is 279 g/mol. The smallest absolute Gasteiger partial charge is 0.0669 e. The first-order chi connectivity index (χ1) is 8.96. The Hall–Kier alpha value is -0.510. The molecule has 1 heterocycles. The molecule has 2 nitrogen and oxygen atoms in total. The maximum absolute atomic E-state index is 10.1. The van der Waals surface area contributed by atoms with E-state index in [0.29, 0.717) is 12.6 Å². The van der Waals surface area contributed by atoms with Crippen molar-refractivity contribution in [3.63, 3.8) is 0 Å². The molecule has 1 aliphatic heterocycles. The number of hydrogen-bond donors (Lipinski definition) is 2. The Kier molecular flexibility index (Phi) is 4.93. The van der Waals surface area contributed by atoms with E-state index in [-0.39, 0.29) is 11.5 Å². The molecule has 1 aromatic carbocycles. The number of thioether (sulfide) groups is 1. The predicted molar refractivity (Wildman–Crippen MR) is 82.6 cm³/mol. The summed E-state index contributed by atoms with van der Waals surface area (Å²) in [6, 6.07) is 8.99. The van der Waals surface area contributed by atoms with Crippen LogP contribution in [-0.2, 0) is 0 Å². The third-order valence-corrected chi connectivity index (χ3v) is 4.53. The molecule has 0 aliphatic carbocycles. The van der Waals surface area contributed by atoms with Crippen molar-refractivity contribution in [3.8, 4) is 0 Å². The SMILES string of the molecule is CC(C)(C)CC(O)CNC1CCSc2ccccc21. The van der Waals surface area contributed by atoms with Crippen LogP contribution in [0.2, 0.25) is 0 Å². The summed E-state index contributed by atoms with van der Waals surface area (Å²) in [5.74, 6) is 1.16. The van der Waals surface area contributed by atoms with Gasteiger partial charge in [0.25, 0.3) is 0 Å². The summed E-state index contributed by atoms with van der Waals surface area (Å²) in [6.07, 6.45) is 1.72. The number of rotatable bonds is 4. The van der Waals surface area contributed by atoms with Crippen molar-refractivity contribution in [2.24, 2.45) is 5.41 Å². The standard InChI is InChI=1S/C16H25NOS/c1-16(2,3)10-12(18)11-17-14-8-9-19-15-7-5-4-6-13(14)15/h4-7,12,14,17-18H,8-11H2,1-3H3. The van der Waals surface area contributed by atoms with E-state index in [9.17, 15) is 5.11 Å². The van der Waals surface area contributed by atoms with Crippen LogP contribution in [0.15, 0.2) is 29.2 Å². The van der Waals surface area contributed by atoms with E-state index in [0.717, 1.165) is 18.6 Å². The number of nitrogens with one attached hydrogen (secondary N) is 1. The fourth-order valence-corrected chi connectivity index (χ4v) is 3.74. The number of hydrogen-bond acceptors (Lipinski definition) is 3. The Bertz CT molecular complexity index is 413. The van der Waals surface area contributed by atoms with E-state index >= 15 is 0 Å². The summed E-state index contributed by atoms with van der Waals surface area (Å²) < 4.78 is 0. The maximum Gasteiger partial charge on any atom is 0.0669 e. The summed E-state index contributed by atoms with van der Waals surface area (Å²) in [5.41, 5.74) is 1.57. The largest absolute Gasteiger partial charge is 0.392 e. The summed E-state index contributed by atoms with van der Waals surface area (Å²) in [7, 11) is 0. The van der Waals surface area contributed by atoms with Crippen LogP contribution in [0.5, 0.6) is 0 Å². The molecular formula is C16H25NOS. The lowest BCUT2D eigenvalue weighted by Gasteiger charge is -2.28. The highest BCUT2D eigenvalue weighted by molar-refractivity contribution is 7.99. The lowest BCUT2D eigenvalue weighted by atomic mass is 9.89. The molecule has 0 spiro atoms. The van der Waals surface area contributed by atoms with Crippen molar-refractivity contribution in [3.05, 3.63) is 29.8 Å². The molecule has 19 heavy (non-hydrogen) atoms. The highest BCUT2D eigenvalue weighted by atomic mass is 32.2. The van der Waals surface area contributed by atoms with E-state index in [1.54, 1.807) is 0 Å². The Balaban J connectivity index is 1.91. The van der Waals surface area contributed by atoms with Crippen LogP contribution in [0.1, 0.15) is 45.2 Å². The summed E-state index contributed by atoms with van der Waals surface area (Å²) in [5, 5.41) is 13.6. The molecule has 2 atom stereocenters. The minimum atomic E-state index is -0.262. The van der Waals surface area contributed by atoms with Gasteiger partial charge >= 0.3 is 0 Å². The van der Waals surface area contributed by atoms with Crippen molar-refractivity contribution in [1.29, 1.82) is 0 Å². The van der Waals surface area contributed by atoms with Crippen LogP contribution in [-0.4, -0.2) is 23.5 Å². The van der Waals surface area contributed by atoms with Gasteiger partial charge in [0.15, 0.2) is 0 Å². The van der Waals surface area contributed by atoms with Gasteiger partial charge in [0.1, 0.15) is 0 Å². The van der Waals surface area contributed by atoms with Crippen LogP contribution < -0.4 is 5.32 Å². The van der Waals surface area contributed by atoms with Gasteiger partial charge in [-0.1, -0.05) is 39.0 Å². The molecule has 2 N–H and O–H groups in total. The first-order valence-electron chi connectivity index (χ1n) is 7.09. The molecule has 106 valence electrons. The first-order valence-corrected chi connectivity index (χ1v) is 8.07. The van der Waals surface area contributed by atoms with E-state index in [1.165, 1.54) is 10.5 Å². The van der Waals surface area contributed by atoms with Gasteiger partial charge in [-0.3, -0.25) is 0 Å². The minimum absolute atomic E-state index is 0.182. The van der Waals surface area contributed by atoms with E-state index in [4.69, 9.17) is 0 Å². The van der Waals surface area contributed by atoms with Gasteiger partial charge in [-0.05, 0) is 35.6 Å². The molecule has 0 saturated carbocycles. The molecular weight excluding hydrogens is 254 g/mol. The average Bonchev–Trinajstić information content (AvgIpc) is 2.34. The maximum atomic E-state index is 10.1. The summed E-state index contributed by atoms with van der Waals surface area (Å²) in [6.45, 7) is 7.19. The van der Waals surface area contributed by atoms with Crippen molar-refractivity contribution in [1.82, 2.24) is 5.32 Å². The van der Waals surface area contributed by atoms with Gasteiger partial charge in [-0.2, -0.15) is 0 Å². The van der Waals surface area contributed by atoms with Gasteiger partial charge in [0.05, 0.1) is 6.10 Å². The molecule has 0 bridgehead atoms. The fraction of sp³-hybridized carbons (Fsp3) is 0.625. The summed E-state index contributed by atoms with van der Waals surface area (Å²) >= 11 is 1.93. The number of aliphatic hydroxyl groups excluding tert-OH is 1. The molecule has 2 unspecified atom stereocenters. The lowest BCUT2D eigenvalue weighted by molar-refractivity contribution is 0.116. The van der Waals surface area contributed by atoms with Crippen LogP contribution in [0.4, 0.5) is 0 Å². The zero-order valence-electron chi connectivity index (χ0n) is 12.1. The molecule has 0 saturated heterocycles. The highest BCUT2D eigenvalue weighted by Gasteiger charge is 2.22. The first kappa shape index (κ1) is 14.9. The normalized spacial score (nSPS) is 20.9. The number of aliphatic hydroxyl groups is 1. The van der Waals surface area contributed by atoms with Gasteiger partial charge in [-0.25, -0.2) is 0 Å². The molecule has 0 radical (unpaired) electrons. The van der Waals surface area contributed by atoms with Crippen molar-refractivity contribution >= 4 is 11.8 Å². The second kappa shape index (κ2) is 6.29. The van der Waals surface area contributed by atoms with Crippen molar-refractivity contribution in [2.75, 3.05) is 12.3 Å². The second-order valence-electron chi connectivity index (χ2n) is 6.55. The Morgan fingerprint density at radius 2 is 2.11 bits per heavy atom. The van der Waals surface area contributed by atoms with Gasteiger partial charge in [0.2, 0.25) is 0 Å². The zero-order valence-corrected chi connectivity index (χ0v) is 13.0. The molecule has 0 aromatic heterocycles. The topological polar surface area (TPSA) is 32.3 Å². The summed E-state index contributed by atoms with van der Waals surface area (Å²) in [4.78, 5) is 1.39. The minimum Gasteiger partial charge on any atom is -0.392 e. The van der Waals surface area contributed by atoms with Gasteiger partial charge in [0, 0.05) is 17.5 Å². The van der Waals surface area contributed by atoms with Crippen LogP contribution in [0, 0.1) is 5.41 Å². The van der Waals surface area contributed by atoms with Crippen LogP contribution >= 0.6 is 11.8 Å². The molecule has 2 rings (SSSR count). The van der Waals surface area contributed by atoms with E-state index in [2.05, 4.69) is 50.4 Å². The van der Waals surface area contributed by atoms with Crippen molar-refractivity contribution in [2.45, 2.75) is 50.7 Å². The van der Waals surface area contributed by atoms with Gasteiger partial charge in [-0.15, -0.1) is 11.8 Å². The lowest BCUT2D eigenvalue weighted by Crippen LogP contribution is -2.34. The fourth-order valence-electron chi connectivity index (χ4n) is 2.61. The Morgan fingerprint density at radius 3 is 2.84 bits per heavy atom. The highest BCUT2D eigenvalue weighted by Crippen LogP contribution is 2.35. The van der Waals surface area contributed by atoms with Crippen LogP contribution in [0.25, 0.3) is 0 Å². The third kappa shape index (κ3) is 4.51. The third-order valence-electron chi connectivity index (χ3n) is 3.41. The molecule has 3 heteroatoms. The molecule has 1 aliphatic rings. The Morgan fingerprint density at radius 1 is 1.37 bits per heavy atom. The van der Waals surface area contributed by atoms with Crippen LogP contribution in [0.3, 0.4) is 0 Å². The average molecular weight is 279 g/mol. The predicted octanol–water partition coefficient (Wildman–Crippen LogP) is 3.61. The zero-order chi connectivity index (χ0) is 13.9. The molecule has 1 aromatic rings. The van der Waals surface area contributed by atoms with Gasteiger partial charge < -0.3 is 10.4 Å².